The summed E-state index contributed by atoms with van der Waals surface area (Å²) in [4.78, 5) is 18.6. The predicted octanol–water partition coefficient (Wildman–Crippen LogP) is 2.69. The largest absolute Gasteiger partial charge is 0.343 e. The average Bonchev–Trinajstić information content (AvgIpc) is 2.58. The van der Waals surface area contributed by atoms with Crippen LogP contribution in [0.4, 0.5) is 0 Å². The Hall–Kier alpha value is -0.610. The van der Waals surface area contributed by atoms with E-state index in [2.05, 4.69) is 16.8 Å². The molecule has 2 fully saturated rings. The van der Waals surface area contributed by atoms with Gasteiger partial charge < -0.3 is 9.80 Å². The van der Waals surface area contributed by atoms with Gasteiger partial charge in [0.05, 0.1) is 0 Å². The molecule has 126 valence electrons. The van der Waals surface area contributed by atoms with E-state index in [-0.39, 0.29) is 0 Å². The van der Waals surface area contributed by atoms with Crippen molar-refractivity contribution < 1.29 is 4.79 Å². The maximum absolute atomic E-state index is 11.6. The van der Waals surface area contributed by atoms with Gasteiger partial charge in [-0.05, 0) is 19.9 Å². The van der Waals surface area contributed by atoms with Crippen LogP contribution in [0.2, 0.25) is 0 Å². The molecule has 0 spiro atoms. The van der Waals surface area contributed by atoms with Gasteiger partial charge in [-0.15, -0.1) is 0 Å². The topological polar surface area (TPSA) is 26.8 Å². The molecular formula is C17H37N3O. The molecule has 1 amide bonds. The van der Waals surface area contributed by atoms with Gasteiger partial charge in [-0.25, -0.2) is 0 Å². The quantitative estimate of drug-likeness (QED) is 0.784. The van der Waals surface area contributed by atoms with Crippen molar-refractivity contribution in [3.05, 3.63) is 0 Å². The normalized spacial score (nSPS) is 21.0. The number of piperidine rings is 1. The van der Waals surface area contributed by atoms with Crippen LogP contribution >= 0.6 is 0 Å². The van der Waals surface area contributed by atoms with Crippen LogP contribution in [0.3, 0.4) is 0 Å². The van der Waals surface area contributed by atoms with Crippen molar-refractivity contribution in [1.82, 2.24) is 14.7 Å². The molecule has 4 heteroatoms. The van der Waals surface area contributed by atoms with Gasteiger partial charge in [0, 0.05) is 51.7 Å². The summed E-state index contributed by atoms with van der Waals surface area (Å²) in [5.41, 5.74) is 0. The summed E-state index contributed by atoms with van der Waals surface area (Å²) in [6.07, 6.45) is 2.98. The van der Waals surface area contributed by atoms with E-state index in [0.29, 0.717) is 18.4 Å². The molecule has 0 saturated carbocycles. The van der Waals surface area contributed by atoms with Crippen molar-refractivity contribution in [3.8, 4) is 0 Å². The Balaban J connectivity index is 0.000000921. The lowest BCUT2D eigenvalue weighted by Gasteiger charge is -2.42. The van der Waals surface area contributed by atoms with Crippen LogP contribution in [0, 0.1) is 0 Å². The Morgan fingerprint density at radius 3 is 1.81 bits per heavy atom. The van der Waals surface area contributed by atoms with E-state index in [1.807, 2.05) is 39.5 Å². The number of carbonyl (C=O) groups excluding carboxylic acids is 1. The third-order valence-electron chi connectivity index (χ3n) is 4.17. The molecule has 0 unspecified atom stereocenters. The zero-order valence-corrected chi connectivity index (χ0v) is 15.2. The number of hydrogen-bond donors (Lipinski definition) is 0. The standard InChI is InChI=1S/C13H25N3O.2C2H6/c1-3-13(17)16-6-4-12(5-7-16)15-10-8-14(2)9-11-15;2*1-2/h12H,3-11H2,1-2H3;2*1-2H3. The van der Waals surface area contributed by atoms with E-state index < -0.39 is 0 Å². The van der Waals surface area contributed by atoms with E-state index in [0.717, 1.165) is 25.9 Å². The van der Waals surface area contributed by atoms with Crippen LogP contribution < -0.4 is 0 Å². The Morgan fingerprint density at radius 2 is 1.38 bits per heavy atom. The van der Waals surface area contributed by atoms with Gasteiger partial charge in [0.2, 0.25) is 5.91 Å². The SMILES string of the molecule is CC.CC.CCC(=O)N1CCC(N2CCN(C)CC2)CC1. The summed E-state index contributed by atoms with van der Waals surface area (Å²) in [5, 5.41) is 0. The Bertz CT molecular complexity index is 255. The second kappa shape index (κ2) is 12.0. The average molecular weight is 300 g/mol. The van der Waals surface area contributed by atoms with Crippen molar-refractivity contribution in [3.63, 3.8) is 0 Å². The molecule has 4 nitrogen and oxygen atoms in total. The number of nitrogens with zero attached hydrogens (tertiary/aromatic N) is 3. The molecule has 2 aliphatic rings. The first kappa shape index (κ1) is 20.4. The van der Waals surface area contributed by atoms with Crippen LogP contribution in [0.1, 0.15) is 53.9 Å². The van der Waals surface area contributed by atoms with Gasteiger partial charge in [-0.3, -0.25) is 9.69 Å². The smallest absolute Gasteiger partial charge is 0.222 e. The molecule has 0 bridgehead atoms. The Labute approximate surface area is 132 Å². The van der Waals surface area contributed by atoms with Crippen molar-refractivity contribution in [1.29, 1.82) is 0 Å². The van der Waals surface area contributed by atoms with Gasteiger partial charge in [0.1, 0.15) is 0 Å². The minimum Gasteiger partial charge on any atom is -0.343 e. The molecule has 21 heavy (non-hydrogen) atoms. The highest BCUT2D eigenvalue weighted by molar-refractivity contribution is 5.75. The minimum absolute atomic E-state index is 0.321. The number of likely N-dealkylation sites (tertiary alicyclic amines) is 1. The molecule has 0 aromatic rings. The highest BCUT2D eigenvalue weighted by Crippen LogP contribution is 2.18. The molecule has 2 saturated heterocycles. The molecule has 0 aromatic heterocycles. The number of piperazine rings is 1. The summed E-state index contributed by atoms with van der Waals surface area (Å²) in [6, 6.07) is 0.713. The van der Waals surface area contributed by atoms with E-state index in [9.17, 15) is 4.79 Å². The lowest BCUT2D eigenvalue weighted by molar-refractivity contribution is -0.132. The second-order valence-electron chi connectivity index (χ2n) is 5.30. The number of likely N-dealkylation sites (N-methyl/N-ethyl adjacent to an activating group) is 1. The van der Waals surface area contributed by atoms with Gasteiger partial charge >= 0.3 is 0 Å². The zero-order valence-electron chi connectivity index (χ0n) is 15.2. The molecule has 2 heterocycles. The first-order valence-electron chi connectivity index (χ1n) is 8.91. The molecule has 0 N–H and O–H groups in total. The Kier molecular flexibility index (Phi) is 11.6. The molecular weight excluding hydrogens is 262 g/mol. The third-order valence-corrected chi connectivity index (χ3v) is 4.17. The molecule has 0 aliphatic carbocycles. The highest BCUT2D eigenvalue weighted by atomic mass is 16.2. The van der Waals surface area contributed by atoms with Gasteiger partial charge in [-0.2, -0.15) is 0 Å². The summed E-state index contributed by atoms with van der Waals surface area (Å²) in [5.74, 6) is 0.321. The number of hydrogen-bond acceptors (Lipinski definition) is 3. The maximum atomic E-state index is 11.6. The molecule has 2 rings (SSSR count). The maximum Gasteiger partial charge on any atom is 0.222 e. The van der Waals surface area contributed by atoms with Crippen molar-refractivity contribution in [2.24, 2.45) is 0 Å². The van der Waals surface area contributed by atoms with E-state index in [1.54, 1.807) is 0 Å². The lowest BCUT2D eigenvalue weighted by atomic mass is 10.0. The fourth-order valence-corrected chi connectivity index (χ4v) is 2.89. The predicted molar refractivity (Wildman–Crippen MR) is 91.7 cm³/mol. The van der Waals surface area contributed by atoms with Crippen molar-refractivity contribution in [2.75, 3.05) is 46.3 Å². The van der Waals surface area contributed by atoms with Crippen LogP contribution in [0.15, 0.2) is 0 Å². The fourth-order valence-electron chi connectivity index (χ4n) is 2.89. The third kappa shape index (κ3) is 6.79. The first-order valence-corrected chi connectivity index (χ1v) is 8.91. The summed E-state index contributed by atoms with van der Waals surface area (Å²) in [6.45, 7) is 16.6. The first-order chi connectivity index (χ1) is 10.2. The molecule has 0 radical (unpaired) electrons. The van der Waals surface area contributed by atoms with Crippen molar-refractivity contribution in [2.45, 2.75) is 59.9 Å². The van der Waals surface area contributed by atoms with Gasteiger partial charge in [0.25, 0.3) is 0 Å². The number of rotatable bonds is 2. The molecule has 0 atom stereocenters. The van der Waals surface area contributed by atoms with Gasteiger partial charge in [-0.1, -0.05) is 34.6 Å². The zero-order chi connectivity index (χ0) is 16.3. The fraction of sp³-hybridized carbons (Fsp3) is 0.941. The summed E-state index contributed by atoms with van der Waals surface area (Å²) < 4.78 is 0. The Morgan fingerprint density at radius 1 is 0.905 bits per heavy atom. The van der Waals surface area contributed by atoms with Crippen LogP contribution in [-0.4, -0.2) is 73.0 Å². The van der Waals surface area contributed by atoms with Crippen LogP contribution in [0.5, 0.6) is 0 Å². The summed E-state index contributed by atoms with van der Waals surface area (Å²) >= 11 is 0. The van der Waals surface area contributed by atoms with Crippen LogP contribution in [-0.2, 0) is 4.79 Å². The van der Waals surface area contributed by atoms with E-state index in [4.69, 9.17) is 0 Å². The summed E-state index contributed by atoms with van der Waals surface area (Å²) in [7, 11) is 2.19. The van der Waals surface area contributed by atoms with Gasteiger partial charge in [0.15, 0.2) is 0 Å². The second-order valence-corrected chi connectivity index (χ2v) is 5.30. The minimum atomic E-state index is 0.321. The lowest BCUT2D eigenvalue weighted by Crippen LogP contribution is -2.52. The van der Waals surface area contributed by atoms with E-state index in [1.165, 1.54) is 26.2 Å². The monoisotopic (exact) mass is 299 g/mol. The number of amides is 1. The number of carbonyl (C=O) groups is 1. The highest BCUT2D eigenvalue weighted by Gasteiger charge is 2.27. The van der Waals surface area contributed by atoms with Crippen molar-refractivity contribution >= 4 is 5.91 Å². The molecule has 0 aromatic carbocycles. The van der Waals surface area contributed by atoms with Crippen LogP contribution in [0.25, 0.3) is 0 Å². The van der Waals surface area contributed by atoms with E-state index >= 15 is 0 Å². The molecule has 2 aliphatic heterocycles.